The number of amides is 1. The number of aryl methyl sites for hydroxylation is 1. The smallest absolute Gasteiger partial charge is 0.260 e. The highest BCUT2D eigenvalue weighted by Crippen LogP contribution is 2.26. The molecule has 1 N–H and O–H groups in total. The van der Waals surface area contributed by atoms with E-state index in [4.69, 9.17) is 4.74 Å². The second-order valence-corrected chi connectivity index (χ2v) is 7.24. The Balaban J connectivity index is 1.68. The minimum Gasteiger partial charge on any atom is -0.491 e. The van der Waals surface area contributed by atoms with Crippen LogP contribution in [0.5, 0.6) is 5.75 Å². The maximum absolute atomic E-state index is 12.7. The molecule has 0 spiro atoms. The van der Waals surface area contributed by atoms with Crippen LogP contribution in [0.4, 0.5) is 5.69 Å². The number of nitrogens with one attached hydrogen (secondary N) is 1. The van der Waals surface area contributed by atoms with Crippen molar-refractivity contribution in [1.82, 2.24) is 14.8 Å². The van der Waals surface area contributed by atoms with Gasteiger partial charge < -0.3 is 10.1 Å². The molecule has 0 saturated carbocycles. The fourth-order valence-corrected chi connectivity index (χ4v) is 3.50. The van der Waals surface area contributed by atoms with Crippen LogP contribution in [0.2, 0.25) is 0 Å². The molecule has 6 nitrogen and oxygen atoms in total. The minimum absolute atomic E-state index is 0.112. The summed E-state index contributed by atoms with van der Waals surface area (Å²) >= 11 is 1.57. The van der Waals surface area contributed by atoms with Crippen molar-refractivity contribution in [3.63, 3.8) is 0 Å². The molecule has 0 aliphatic rings. The summed E-state index contributed by atoms with van der Waals surface area (Å²) in [5, 5.41) is 7.98. The highest BCUT2D eigenvalue weighted by atomic mass is 32.2. The van der Waals surface area contributed by atoms with E-state index in [0.29, 0.717) is 11.3 Å². The molecular formula is C20H22N4O2S. The zero-order valence-corrected chi connectivity index (χ0v) is 16.4. The second kappa shape index (κ2) is 8.73. The average molecular weight is 382 g/mol. The molecule has 27 heavy (non-hydrogen) atoms. The molecule has 2 heterocycles. The number of pyridine rings is 1. The molecule has 140 valence electrons. The van der Waals surface area contributed by atoms with Gasteiger partial charge in [-0.1, -0.05) is 0 Å². The number of carbonyl (C=O) groups is 1. The fraction of sp³-hybridized carbons (Fsp3) is 0.250. The fourth-order valence-electron chi connectivity index (χ4n) is 2.47. The summed E-state index contributed by atoms with van der Waals surface area (Å²) in [4.78, 5) is 16.7. The van der Waals surface area contributed by atoms with Crippen LogP contribution < -0.4 is 10.1 Å². The van der Waals surface area contributed by atoms with E-state index in [1.165, 1.54) is 0 Å². The Labute approximate surface area is 163 Å². The molecule has 0 atom stereocenters. The molecule has 3 rings (SSSR count). The van der Waals surface area contributed by atoms with Gasteiger partial charge in [-0.05, 0) is 55.8 Å². The quantitative estimate of drug-likeness (QED) is 0.622. The van der Waals surface area contributed by atoms with Gasteiger partial charge in [-0.3, -0.25) is 14.5 Å². The summed E-state index contributed by atoms with van der Waals surface area (Å²) in [6.07, 6.45) is 5.24. The first-order chi connectivity index (χ1) is 13.0. The van der Waals surface area contributed by atoms with E-state index in [-0.39, 0.29) is 12.0 Å². The Hall–Kier alpha value is -2.80. The summed E-state index contributed by atoms with van der Waals surface area (Å²) < 4.78 is 7.34. The van der Waals surface area contributed by atoms with Crippen molar-refractivity contribution in [2.45, 2.75) is 30.7 Å². The average Bonchev–Trinajstić information content (AvgIpc) is 3.03. The van der Waals surface area contributed by atoms with Crippen LogP contribution in [0.1, 0.15) is 29.8 Å². The maximum Gasteiger partial charge on any atom is 0.260 e. The van der Waals surface area contributed by atoms with E-state index in [2.05, 4.69) is 15.4 Å². The van der Waals surface area contributed by atoms with Gasteiger partial charge in [0, 0.05) is 30.9 Å². The van der Waals surface area contributed by atoms with E-state index < -0.39 is 0 Å². The van der Waals surface area contributed by atoms with Crippen LogP contribution in [-0.4, -0.2) is 26.8 Å². The molecule has 0 unspecified atom stereocenters. The van der Waals surface area contributed by atoms with Gasteiger partial charge in [0.1, 0.15) is 10.8 Å². The number of thioether (sulfide) groups is 1. The molecule has 0 bridgehead atoms. The zero-order valence-electron chi connectivity index (χ0n) is 15.5. The van der Waals surface area contributed by atoms with E-state index in [9.17, 15) is 4.79 Å². The lowest BCUT2D eigenvalue weighted by atomic mass is 10.2. The largest absolute Gasteiger partial charge is 0.491 e. The number of ether oxygens (including phenoxy) is 1. The molecular weight excluding hydrogens is 360 g/mol. The highest BCUT2D eigenvalue weighted by Gasteiger charge is 2.17. The van der Waals surface area contributed by atoms with Gasteiger partial charge >= 0.3 is 0 Å². The summed E-state index contributed by atoms with van der Waals surface area (Å²) in [5.74, 6) is 1.33. The number of benzene rings is 1. The third kappa shape index (κ3) is 5.10. The minimum atomic E-state index is -0.183. The number of carbonyl (C=O) groups excluding carboxylic acids is 1. The molecule has 0 radical (unpaired) electrons. The van der Waals surface area contributed by atoms with Gasteiger partial charge in [-0.25, -0.2) is 0 Å². The van der Waals surface area contributed by atoms with Crippen molar-refractivity contribution in [1.29, 1.82) is 0 Å². The number of hydrogen-bond donors (Lipinski definition) is 1. The topological polar surface area (TPSA) is 69.0 Å². The Morgan fingerprint density at radius 2 is 1.89 bits per heavy atom. The standard InChI is InChI=1S/C20H22N4O2S/c1-14(2)26-17-6-4-16(5-7-17)23-19(25)18-12-22-24(3)20(18)27-13-15-8-10-21-11-9-15/h4-12,14H,13H2,1-3H3,(H,23,25). The first-order valence-electron chi connectivity index (χ1n) is 8.64. The Bertz CT molecular complexity index is 892. The summed E-state index contributed by atoms with van der Waals surface area (Å²) in [7, 11) is 1.84. The van der Waals surface area contributed by atoms with Crippen molar-refractivity contribution in [2.24, 2.45) is 7.05 Å². The Morgan fingerprint density at radius 3 is 2.56 bits per heavy atom. The molecule has 7 heteroatoms. The maximum atomic E-state index is 12.7. The third-order valence-electron chi connectivity index (χ3n) is 3.74. The summed E-state index contributed by atoms with van der Waals surface area (Å²) in [6.45, 7) is 3.95. The molecule has 3 aromatic rings. The normalized spacial score (nSPS) is 10.8. The monoisotopic (exact) mass is 382 g/mol. The van der Waals surface area contributed by atoms with E-state index >= 15 is 0 Å². The Morgan fingerprint density at radius 1 is 1.19 bits per heavy atom. The lowest BCUT2D eigenvalue weighted by Gasteiger charge is -2.11. The first-order valence-corrected chi connectivity index (χ1v) is 9.63. The number of anilines is 1. The van der Waals surface area contributed by atoms with E-state index in [0.717, 1.165) is 22.1 Å². The highest BCUT2D eigenvalue weighted by molar-refractivity contribution is 7.98. The van der Waals surface area contributed by atoms with E-state index in [1.807, 2.05) is 57.3 Å². The summed E-state index contributed by atoms with van der Waals surface area (Å²) in [5.41, 5.74) is 2.41. The predicted molar refractivity (Wildman–Crippen MR) is 107 cm³/mol. The number of rotatable bonds is 7. The van der Waals surface area contributed by atoms with Crippen molar-refractivity contribution < 1.29 is 9.53 Å². The third-order valence-corrected chi connectivity index (χ3v) is 4.97. The molecule has 0 fully saturated rings. The van der Waals surface area contributed by atoms with Crippen molar-refractivity contribution >= 4 is 23.4 Å². The lowest BCUT2D eigenvalue weighted by molar-refractivity contribution is 0.102. The van der Waals surface area contributed by atoms with Crippen LogP contribution in [0, 0.1) is 0 Å². The number of aromatic nitrogens is 3. The molecule has 0 aliphatic heterocycles. The van der Waals surface area contributed by atoms with Gasteiger partial charge in [0.05, 0.1) is 17.9 Å². The van der Waals surface area contributed by atoms with E-state index in [1.54, 1.807) is 35.0 Å². The lowest BCUT2D eigenvalue weighted by Crippen LogP contribution is -2.13. The molecule has 0 saturated heterocycles. The van der Waals surface area contributed by atoms with Crippen LogP contribution in [-0.2, 0) is 12.8 Å². The van der Waals surface area contributed by atoms with Crippen LogP contribution in [0.15, 0.2) is 60.0 Å². The van der Waals surface area contributed by atoms with Gasteiger partial charge in [-0.15, -0.1) is 11.8 Å². The molecule has 1 amide bonds. The number of nitrogens with zero attached hydrogens (tertiary/aromatic N) is 3. The summed E-state index contributed by atoms with van der Waals surface area (Å²) in [6, 6.07) is 11.3. The van der Waals surface area contributed by atoms with Gasteiger partial charge in [0.25, 0.3) is 5.91 Å². The van der Waals surface area contributed by atoms with Crippen molar-refractivity contribution in [2.75, 3.05) is 5.32 Å². The SMILES string of the molecule is CC(C)Oc1ccc(NC(=O)c2cnn(C)c2SCc2ccncc2)cc1. The van der Waals surface area contributed by atoms with Crippen molar-refractivity contribution in [3.05, 3.63) is 66.1 Å². The molecule has 0 aliphatic carbocycles. The van der Waals surface area contributed by atoms with Crippen LogP contribution in [0.3, 0.4) is 0 Å². The molecule has 1 aromatic carbocycles. The second-order valence-electron chi connectivity index (χ2n) is 6.28. The predicted octanol–water partition coefficient (Wildman–Crippen LogP) is 4.15. The zero-order chi connectivity index (χ0) is 19.2. The van der Waals surface area contributed by atoms with Crippen LogP contribution >= 0.6 is 11.8 Å². The first kappa shape index (κ1) is 19.0. The van der Waals surface area contributed by atoms with Gasteiger partial charge in [0.15, 0.2) is 0 Å². The van der Waals surface area contributed by atoms with Crippen molar-refractivity contribution in [3.8, 4) is 5.75 Å². The van der Waals surface area contributed by atoms with Gasteiger partial charge in [0.2, 0.25) is 0 Å². The Kier molecular flexibility index (Phi) is 6.13. The number of hydrogen-bond acceptors (Lipinski definition) is 5. The van der Waals surface area contributed by atoms with Crippen LogP contribution in [0.25, 0.3) is 0 Å². The van der Waals surface area contributed by atoms with Gasteiger partial charge in [-0.2, -0.15) is 5.10 Å². The molecule has 2 aromatic heterocycles.